The van der Waals surface area contributed by atoms with Crippen LogP contribution in [0.5, 0.6) is 0 Å². The Bertz CT molecular complexity index is 751. The Morgan fingerprint density at radius 3 is 1.86 bits per heavy atom. The quantitative estimate of drug-likeness (QED) is 0.489. The first-order valence-electron chi connectivity index (χ1n) is 8.69. The third-order valence-corrected chi connectivity index (χ3v) is 4.99. The molecule has 1 aromatic carbocycles. The molecule has 0 amide bonds. The maximum Gasteiger partial charge on any atom is 0.339 e. The van der Waals surface area contributed by atoms with Gasteiger partial charge in [0, 0.05) is 25.7 Å². The van der Waals surface area contributed by atoms with Gasteiger partial charge in [-0.15, -0.1) is 0 Å². The van der Waals surface area contributed by atoms with E-state index < -0.39 is 53.7 Å². The first-order chi connectivity index (χ1) is 13.7. The molecule has 0 N–H and O–H groups in total. The van der Waals surface area contributed by atoms with Crippen LogP contribution in [0.3, 0.4) is 0 Å². The third kappa shape index (κ3) is 6.20. The minimum absolute atomic E-state index is 0.660. The standard InChI is InChI=1S/C19H22O9S/c1-10(20)25-14-15(26-11(2)21)17(27-12(3)22)19(28-16(14)18(23)24-4)29-13-8-6-5-7-9-13/h5-9,14-17,19H,1-4H3/t14-,15-,16+,17-,19-/m0/s1. The van der Waals surface area contributed by atoms with Gasteiger partial charge >= 0.3 is 23.9 Å². The monoisotopic (exact) mass is 426 g/mol. The zero-order valence-corrected chi connectivity index (χ0v) is 17.2. The Morgan fingerprint density at radius 2 is 1.34 bits per heavy atom. The van der Waals surface area contributed by atoms with Gasteiger partial charge in [0.1, 0.15) is 5.44 Å². The van der Waals surface area contributed by atoms with Crippen molar-refractivity contribution in [3.8, 4) is 0 Å². The average Bonchev–Trinajstić information content (AvgIpc) is 2.65. The molecule has 1 fully saturated rings. The fourth-order valence-corrected chi connectivity index (χ4v) is 3.91. The molecule has 0 spiro atoms. The third-order valence-electron chi connectivity index (χ3n) is 3.83. The second-order valence-electron chi connectivity index (χ2n) is 6.10. The molecule has 0 bridgehead atoms. The highest BCUT2D eigenvalue weighted by Gasteiger charge is 2.54. The van der Waals surface area contributed by atoms with E-state index in [9.17, 15) is 19.2 Å². The molecular weight excluding hydrogens is 404 g/mol. The molecule has 0 radical (unpaired) electrons. The lowest BCUT2D eigenvalue weighted by molar-refractivity contribution is -0.235. The molecule has 0 aromatic heterocycles. The average molecular weight is 426 g/mol. The molecule has 0 unspecified atom stereocenters. The molecule has 29 heavy (non-hydrogen) atoms. The molecule has 9 nitrogen and oxygen atoms in total. The predicted octanol–water partition coefficient (Wildman–Crippen LogP) is 1.47. The lowest BCUT2D eigenvalue weighted by atomic mass is 9.99. The van der Waals surface area contributed by atoms with E-state index in [2.05, 4.69) is 0 Å². The molecule has 1 saturated heterocycles. The molecule has 10 heteroatoms. The van der Waals surface area contributed by atoms with Gasteiger partial charge in [-0.3, -0.25) is 14.4 Å². The molecule has 5 atom stereocenters. The van der Waals surface area contributed by atoms with Crippen LogP contribution >= 0.6 is 11.8 Å². The number of thioether (sulfide) groups is 1. The summed E-state index contributed by atoms with van der Waals surface area (Å²) in [6.45, 7) is 3.46. The Kier molecular flexibility index (Phi) is 8.03. The molecule has 2 rings (SSSR count). The zero-order valence-electron chi connectivity index (χ0n) is 16.4. The summed E-state index contributed by atoms with van der Waals surface area (Å²) < 4.78 is 26.5. The van der Waals surface area contributed by atoms with Crippen LogP contribution in [0.4, 0.5) is 0 Å². The van der Waals surface area contributed by atoms with E-state index in [-0.39, 0.29) is 0 Å². The van der Waals surface area contributed by atoms with Crippen molar-refractivity contribution in [2.45, 2.75) is 55.5 Å². The summed E-state index contributed by atoms with van der Waals surface area (Å²) in [7, 11) is 1.15. The summed E-state index contributed by atoms with van der Waals surface area (Å²) in [5, 5.41) is 0. The Morgan fingerprint density at radius 1 is 0.828 bits per heavy atom. The van der Waals surface area contributed by atoms with E-state index in [0.717, 1.165) is 37.6 Å². The predicted molar refractivity (Wildman–Crippen MR) is 99.6 cm³/mol. The van der Waals surface area contributed by atoms with Crippen LogP contribution in [0.25, 0.3) is 0 Å². The van der Waals surface area contributed by atoms with Gasteiger partial charge in [-0.25, -0.2) is 4.79 Å². The van der Waals surface area contributed by atoms with E-state index in [1.807, 2.05) is 6.07 Å². The number of carbonyl (C=O) groups excluding carboxylic acids is 4. The van der Waals surface area contributed by atoms with Gasteiger partial charge in [0.15, 0.2) is 24.4 Å². The highest BCUT2D eigenvalue weighted by molar-refractivity contribution is 7.99. The first kappa shape index (κ1) is 22.7. The smallest absolute Gasteiger partial charge is 0.339 e. The lowest BCUT2D eigenvalue weighted by Gasteiger charge is -2.43. The maximum atomic E-state index is 12.3. The van der Waals surface area contributed by atoms with Crippen LogP contribution in [0, 0.1) is 0 Å². The highest BCUT2D eigenvalue weighted by Crippen LogP contribution is 2.37. The zero-order chi connectivity index (χ0) is 21.6. The van der Waals surface area contributed by atoms with Gasteiger partial charge in [0.2, 0.25) is 0 Å². The summed E-state index contributed by atoms with van der Waals surface area (Å²) in [5.41, 5.74) is -0.943. The number of hydrogen-bond acceptors (Lipinski definition) is 10. The van der Waals surface area contributed by atoms with Crippen molar-refractivity contribution in [2.75, 3.05) is 7.11 Å². The minimum Gasteiger partial charge on any atom is -0.467 e. The number of esters is 4. The van der Waals surface area contributed by atoms with E-state index >= 15 is 0 Å². The van der Waals surface area contributed by atoms with E-state index in [1.165, 1.54) is 6.92 Å². The summed E-state index contributed by atoms with van der Waals surface area (Å²) in [6, 6.07) is 9.02. The van der Waals surface area contributed by atoms with Crippen LogP contribution in [0.15, 0.2) is 35.2 Å². The molecule has 0 saturated carbocycles. The molecule has 1 heterocycles. The van der Waals surface area contributed by atoms with Crippen molar-refractivity contribution in [3.63, 3.8) is 0 Å². The summed E-state index contributed by atoms with van der Waals surface area (Å²) in [6.07, 6.45) is -5.17. The van der Waals surface area contributed by atoms with Gasteiger partial charge in [0.05, 0.1) is 7.11 Å². The van der Waals surface area contributed by atoms with E-state index in [4.69, 9.17) is 23.7 Å². The van der Waals surface area contributed by atoms with Crippen LogP contribution in [-0.2, 0) is 42.9 Å². The Hall–Kier alpha value is -2.59. The van der Waals surface area contributed by atoms with Crippen molar-refractivity contribution in [1.82, 2.24) is 0 Å². The van der Waals surface area contributed by atoms with Crippen molar-refractivity contribution >= 4 is 35.6 Å². The number of benzene rings is 1. The van der Waals surface area contributed by atoms with Crippen molar-refractivity contribution < 1.29 is 42.9 Å². The minimum atomic E-state index is -1.39. The van der Waals surface area contributed by atoms with Crippen molar-refractivity contribution in [2.24, 2.45) is 0 Å². The number of rotatable bonds is 6. The largest absolute Gasteiger partial charge is 0.467 e. The number of ether oxygens (including phenoxy) is 5. The lowest BCUT2D eigenvalue weighted by Crippen LogP contribution is -2.62. The normalized spacial score (nSPS) is 26.1. The summed E-state index contributed by atoms with van der Waals surface area (Å²) >= 11 is 1.16. The number of methoxy groups -OCH3 is 1. The van der Waals surface area contributed by atoms with Gasteiger partial charge in [0.25, 0.3) is 0 Å². The van der Waals surface area contributed by atoms with Gasteiger partial charge in [-0.05, 0) is 12.1 Å². The number of carbonyl (C=O) groups is 4. The molecule has 1 aromatic rings. The van der Waals surface area contributed by atoms with Crippen molar-refractivity contribution in [3.05, 3.63) is 30.3 Å². The van der Waals surface area contributed by atoms with Crippen LogP contribution in [0.2, 0.25) is 0 Å². The van der Waals surface area contributed by atoms with E-state index in [0.29, 0.717) is 0 Å². The van der Waals surface area contributed by atoms with Gasteiger partial charge in [-0.1, -0.05) is 30.0 Å². The highest BCUT2D eigenvalue weighted by atomic mass is 32.2. The molecule has 1 aliphatic rings. The van der Waals surface area contributed by atoms with E-state index in [1.54, 1.807) is 24.3 Å². The van der Waals surface area contributed by atoms with Gasteiger partial charge < -0.3 is 23.7 Å². The molecular formula is C19H22O9S. The second kappa shape index (κ2) is 10.3. The first-order valence-corrected chi connectivity index (χ1v) is 9.57. The fourth-order valence-electron chi connectivity index (χ4n) is 2.81. The Labute approximate surface area is 172 Å². The summed E-state index contributed by atoms with van der Waals surface area (Å²) in [5.74, 6) is -2.93. The van der Waals surface area contributed by atoms with Crippen LogP contribution in [0.1, 0.15) is 20.8 Å². The van der Waals surface area contributed by atoms with Crippen LogP contribution in [-0.4, -0.2) is 60.8 Å². The summed E-state index contributed by atoms with van der Waals surface area (Å²) in [4.78, 5) is 48.1. The SMILES string of the molecule is COC(=O)[C@@H]1O[C@@H](Sc2ccccc2)[C@@H](OC(C)=O)[C@@H](OC(C)=O)[C@@H]1OC(C)=O. The van der Waals surface area contributed by atoms with Gasteiger partial charge in [-0.2, -0.15) is 0 Å². The fraction of sp³-hybridized carbons (Fsp3) is 0.474. The maximum absolute atomic E-state index is 12.3. The Balaban J connectivity index is 2.47. The number of hydrogen-bond donors (Lipinski definition) is 0. The molecule has 0 aliphatic carbocycles. The topological polar surface area (TPSA) is 114 Å². The molecule has 1 aliphatic heterocycles. The second-order valence-corrected chi connectivity index (χ2v) is 7.27. The van der Waals surface area contributed by atoms with Crippen LogP contribution < -0.4 is 0 Å². The van der Waals surface area contributed by atoms with Crippen molar-refractivity contribution in [1.29, 1.82) is 0 Å². The molecule has 158 valence electrons.